The highest BCUT2D eigenvalue weighted by Crippen LogP contribution is 2.42. The van der Waals surface area contributed by atoms with Gasteiger partial charge in [0.1, 0.15) is 5.75 Å². The van der Waals surface area contributed by atoms with Gasteiger partial charge in [0, 0.05) is 26.4 Å². The van der Waals surface area contributed by atoms with E-state index in [4.69, 9.17) is 4.74 Å². The predicted octanol–water partition coefficient (Wildman–Crippen LogP) is 7.06. The van der Waals surface area contributed by atoms with Gasteiger partial charge in [-0.1, -0.05) is 45.0 Å². The highest BCUT2D eigenvalue weighted by Gasteiger charge is 2.33. The van der Waals surface area contributed by atoms with Gasteiger partial charge in [0.25, 0.3) is 5.92 Å². The monoisotopic (exact) mass is 431 g/mol. The fraction of sp³-hybridized carbons (Fsp3) is 0.577. The second kappa shape index (κ2) is 9.97. The number of fused-ring (bicyclic) bond motifs is 1. The third-order valence-electron chi connectivity index (χ3n) is 6.34. The molecule has 2 aliphatic rings. The van der Waals surface area contributed by atoms with Crippen LogP contribution in [-0.4, -0.2) is 23.5 Å². The Morgan fingerprint density at radius 1 is 1.06 bits per heavy atom. The van der Waals surface area contributed by atoms with Gasteiger partial charge in [0.2, 0.25) is 5.91 Å². The van der Waals surface area contributed by atoms with Crippen LogP contribution in [-0.2, 0) is 17.3 Å². The second-order valence-corrected chi connectivity index (χ2v) is 8.76. The minimum atomic E-state index is -3.01. The topological polar surface area (TPSA) is 29.5 Å². The molecule has 1 amide bonds. The SMILES string of the molecule is CC.CC1CCC(Oc2ccc3c(CN4CCCC4=O)cccc3c2C(C)(F)F)CC1. The largest absolute Gasteiger partial charge is 0.490 e. The number of hydrogen-bond donors (Lipinski definition) is 0. The Morgan fingerprint density at radius 3 is 2.39 bits per heavy atom. The molecule has 1 saturated heterocycles. The van der Waals surface area contributed by atoms with Gasteiger partial charge in [-0.2, -0.15) is 0 Å². The lowest BCUT2D eigenvalue weighted by Gasteiger charge is -2.29. The number of benzene rings is 2. The fourth-order valence-electron chi connectivity index (χ4n) is 4.70. The summed E-state index contributed by atoms with van der Waals surface area (Å²) in [5.41, 5.74) is 0.865. The van der Waals surface area contributed by atoms with Crippen molar-refractivity contribution in [2.75, 3.05) is 6.54 Å². The maximum absolute atomic E-state index is 14.7. The zero-order valence-electron chi connectivity index (χ0n) is 19.2. The van der Waals surface area contributed by atoms with E-state index < -0.39 is 5.92 Å². The molecule has 170 valence electrons. The Bertz CT molecular complexity index is 898. The van der Waals surface area contributed by atoms with E-state index >= 15 is 0 Å². The van der Waals surface area contributed by atoms with E-state index in [9.17, 15) is 13.6 Å². The van der Waals surface area contributed by atoms with Crippen molar-refractivity contribution >= 4 is 16.7 Å². The van der Waals surface area contributed by atoms with Crippen LogP contribution in [0.1, 0.15) is 77.3 Å². The predicted molar refractivity (Wildman–Crippen MR) is 122 cm³/mol. The maximum Gasteiger partial charge on any atom is 0.274 e. The van der Waals surface area contributed by atoms with Gasteiger partial charge in [-0.05, 0) is 60.4 Å². The van der Waals surface area contributed by atoms with Gasteiger partial charge in [-0.3, -0.25) is 4.79 Å². The van der Waals surface area contributed by atoms with Crippen LogP contribution in [0.3, 0.4) is 0 Å². The van der Waals surface area contributed by atoms with E-state index in [1.807, 2.05) is 30.9 Å². The molecule has 1 aliphatic heterocycles. The second-order valence-electron chi connectivity index (χ2n) is 8.76. The smallest absolute Gasteiger partial charge is 0.274 e. The number of alkyl halides is 2. The van der Waals surface area contributed by atoms with E-state index in [1.54, 1.807) is 18.2 Å². The number of amides is 1. The molecule has 1 saturated carbocycles. The third-order valence-corrected chi connectivity index (χ3v) is 6.34. The molecule has 1 aliphatic carbocycles. The highest BCUT2D eigenvalue weighted by atomic mass is 19.3. The minimum absolute atomic E-state index is 0.00449. The summed E-state index contributed by atoms with van der Waals surface area (Å²) in [4.78, 5) is 13.8. The summed E-state index contributed by atoms with van der Waals surface area (Å²) in [6, 6.07) is 9.05. The minimum Gasteiger partial charge on any atom is -0.490 e. The average Bonchev–Trinajstić information content (AvgIpc) is 3.14. The molecule has 0 N–H and O–H groups in total. The van der Waals surface area contributed by atoms with Crippen molar-refractivity contribution < 1.29 is 18.3 Å². The van der Waals surface area contributed by atoms with Crippen LogP contribution in [0.2, 0.25) is 0 Å². The maximum atomic E-state index is 14.7. The first kappa shape index (κ1) is 23.5. The molecule has 4 rings (SSSR count). The van der Waals surface area contributed by atoms with Crippen LogP contribution in [0.4, 0.5) is 8.78 Å². The lowest BCUT2D eigenvalue weighted by atomic mass is 9.88. The molecule has 5 heteroatoms. The van der Waals surface area contributed by atoms with Gasteiger partial charge >= 0.3 is 0 Å². The standard InChI is InChI=1S/C24H29F2NO2.C2H6/c1-16-8-10-18(11-9-16)29-21-13-12-19-17(15-27-14-4-7-22(27)28)5-3-6-20(19)23(21)24(2,25)26;1-2/h3,5-6,12-13,16,18H,4,7-11,14-15H2,1-2H3;1-2H3. The molecular weight excluding hydrogens is 396 g/mol. The molecule has 3 nitrogen and oxygen atoms in total. The molecule has 31 heavy (non-hydrogen) atoms. The van der Waals surface area contributed by atoms with Crippen molar-refractivity contribution in [3.05, 3.63) is 41.5 Å². The van der Waals surface area contributed by atoms with Crippen molar-refractivity contribution in [2.24, 2.45) is 5.92 Å². The summed E-state index contributed by atoms with van der Waals surface area (Å²) in [5.74, 6) is -1.92. The summed E-state index contributed by atoms with van der Waals surface area (Å²) in [5, 5.41) is 1.29. The van der Waals surface area contributed by atoms with E-state index in [-0.39, 0.29) is 17.6 Å². The Labute approximate surface area is 184 Å². The molecule has 0 unspecified atom stereocenters. The number of nitrogens with zero attached hydrogens (tertiary/aromatic N) is 1. The molecule has 0 atom stereocenters. The Morgan fingerprint density at radius 2 is 1.77 bits per heavy atom. The van der Waals surface area contributed by atoms with Crippen LogP contribution in [0, 0.1) is 5.92 Å². The highest BCUT2D eigenvalue weighted by molar-refractivity contribution is 5.91. The Kier molecular flexibility index (Phi) is 7.55. The average molecular weight is 432 g/mol. The van der Waals surface area contributed by atoms with E-state index in [1.165, 1.54) is 0 Å². The molecule has 0 spiro atoms. The number of carbonyl (C=O) groups is 1. The molecule has 0 radical (unpaired) electrons. The zero-order chi connectivity index (χ0) is 22.6. The summed E-state index contributed by atoms with van der Waals surface area (Å²) in [7, 11) is 0. The van der Waals surface area contributed by atoms with Crippen LogP contribution in [0.15, 0.2) is 30.3 Å². The number of ether oxygens (including phenoxy) is 1. The molecule has 2 aromatic carbocycles. The van der Waals surface area contributed by atoms with Gasteiger partial charge in [0.15, 0.2) is 0 Å². The molecule has 2 aromatic rings. The van der Waals surface area contributed by atoms with Crippen LogP contribution >= 0.6 is 0 Å². The quantitative estimate of drug-likeness (QED) is 0.507. The van der Waals surface area contributed by atoms with Crippen LogP contribution in [0.25, 0.3) is 10.8 Å². The van der Waals surface area contributed by atoms with Gasteiger partial charge in [-0.25, -0.2) is 8.78 Å². The van der Waals surface area contributed by atoms with Crippen molar-refractivity contribution in [1.29, 1.82) is 0 Å². The van der Waals surface area contributed by atoms with Crippen molar-refractivity contribution in [3.63, 3.8) is 0 Å². The van der Waals surface area contributed by atoms with Crippen molar-refractivity contribution in [1.82, 2.24) is 4.90 Å². The summed E-state index contributed by atoms with van der Waals surface area (Å²) in [6.45, 7) is 8.36. The molecule has 2 fully saturated rings. The molecular formula is C26H35F2NO2. The molecule has 0 bridgehead atoms. The number of hydrogen-bond acceptors (Lipinski definition) is 2. The van der Waals surface area contributed by atoms with Crippen molar-refractivity contribution in [2.45, 2.75) is 84.8 Å². The Balaban J connectivity index is 0.00000132. The van der Waals surface area contributed by atoms with Crippen molar-refractivity contribution in [3.8, 4) is 5.75 Å². The number of carbonyl (C=O) groups excluding carboxylic acids is 1. The first-order valence-corrected chi connectivity index (χ1v) is 11.7. The number of likely N-dealkylation sites (tertiary alicyclic amines) is 1. The Hall–Kier alpha value is -2.17. The van der Waals surface area contributed by atoms with Gasteiger partial charge in [-0.15, -0.1) is 0 Å². The summed E-state index contributed by atoms with van der Waals surface area (Å²) in [6.07, 6.45) is 5.39. The van der Waals surface area contributed by atoms with Crippen LogP contribution < -0.4 is 4.74 Å². The van der Waals surface area contributed by atoms with E-state index in [0.717, 1.165) is 56.5 Å². The molecule has 0 aromatic heterocycles. The van der Waals surface area contributed by atoms with E-state index in [0.29, 0.717) is 30.0 Å². The number of halogens is 2. The van der Waals surface area contributed by atoms with Crippen LogP contribution in [0.5, 0.6) is 5.75 Å². The summed E-state index contributed by atoms with van der Waals surface area (Å²) >= 11 is 0. The van der Waals surface area contributed by atoms with E-state index in [2.05, 4.69) is 6.92 Å². The third kappa shape index (κ3) is 5.36. The lowest BCUT2D eigenvalue weighted by Crippen LogP contribution is -2.25. The number of rotatable bonds is 5. The van der Waals surface area contributed by atoms with Gasteiger partial charge < -0.3 is 9.64 Å². The molecule has 1 heterocycles. The normalized spacial score (nSPS) is 21.7. The first-order chi connectivity index (χ1) is 14.8. The fourth-order valence-corrected chi connectivity index (χ4v) is 4.70. The summed E-state index contributed by atoms with van der Waals surface area (Å²) < 4.78 is 35.5. The first-order valence-electron chi connectivity index (χ1n) is 11.7. The van der Waals surface area contributed by atoms with Gasteiger partial charge in [0.05, 0.1) is 11.7 Å². The lowest BCUT2D eigenvalue weighted by molar-refractivity contribution is -0.128. The zero-order valence-corrected chi connectivity index (χ0v) is 19.2.